The number of rotatable bonds is 7. The lowest BCUT2D eigenvalue weighted by atomic mass is 9.44. The van der Waals surface area contributed by atoms with Gasteiger partial charge >= 0.3 is 5.97 Å². The fourth-order valence-electron chi connectivity index (χ4n) is 9.33. The Kier molecular flexibility index (Phi) is 7.77. The molecule has 7 rings (SSSR count). The van der Waals surface area contributed by atoms with Gasteiger partial charge in [-0.25, -0.2) is 19.6 Å². The molecule has 3 fully saturated rings. The number of imidazole rings is 1. The van der Waals surface area contributed by atoms with E-state index in [1.54, 1.807) is 12.5 Å². The second-order valence-corrected chi connectivity index (χ2v) is 14.9. The highest BCUT2D eigenvalue weighted by molar-refractivity contribution is 5.86. The summed E-state index contributed by atoms with van der Waals surface area (Å²) < 4.78 is 9.78. The largest absolute Gasteiger partial charge is 0.460 e. The number of nitrogens with two attached hydrogens (primary N) is 1. The summed E-state index contributed by atoms with van der Waals surface area (Å²) in [5.74, 6) is -0.0677. The number of fused-ring (bicyclic) bond motifs is 1. The number of aliphatic hydroxyl groups is 1. The molecule has 3 aliphatic carbocycles. The van der Waals surface area contributed by atoms with E-state index in [9.17, 15) is 14.7 Å². The number of ketones is 1. The average Bonchev–Trinajstić information content (AvgIpc) is 3.80. The number of nitrogen functional groups attached to an aromatic ring is 1. The van der Waals surface area contributed by atoms with E-state index in [0.717, 1.165) is 30.4 Å². The Balaban J connectivity index is 1.09. The lowest BCUT2D eigenvalue weighted by molar-refractivity contribution is -0.207. The molecule has 252 valence electrons. The number of carbonyl (C=O) groups excluding carboxylic acids is 2. The van der Waals surface area contributed by atoms with Crippen molar-refractivity contribution in [2.24, 2.45) is 34.0 Å². The average molecular weight is 653 g/mol. The summed E-state index contributed by atoms with van der Waals surface area (Å²) in [7, 11) is 0. The second kappa shape index (κ2) is 11.6. The summed E-state index contributed by atoms with van der Waals surface area (Å²) in [4.78, 5) is 40.0. The van der Waals surface area contributed by atoms with Crippen LogP contribution in [0.15, 0.2) is 55.8 Å². The predicted octanol–water partition coefficient (Wildman–Crippen LogP) is 4.62. The highest BCUT2D eigenvalue weighted by Crippen LogP contribution is 2.68. The molecule has 8 atom stereocenters. The van der Waals surface area contributed by atoms with Crippen LogP contribution < -0.4 is 5.73 Å². The molecular formula is C36H44N8O4. The molecular weight excluding hydrogens is 608 g/mol. The predicted molar refractivity (Wildman–Crippen MR) is 179 cm³/mol. The molecule has 1 aromatic carbocycles. The van der Waals surface area contributed by atoms with Gasteiger partial charge < -0.3 is 20.1 Å². The number of hydrogen-bond donors (Lipinski definition) is 2. The zero-order valence-electron chi connectivity index (χ0n) is 28.0. The number of anilines is 1. The maximum Gasteiger partial charge on any atom is 0.328 e. The van der Waals surface area contributed by atoms with Gasteiger partial charge in [0.05, 0.1) is 25.2 Å². The van der Waals surface area contributed by atoms with Crippen molar-refractivity contribution in [2.45, 2.75) is 85.1 Å². The number of aliphatic hydroxyl groups excluding tert-OH is 1. The molecule has 0 unspecified atom stereocenters. The summed E-state index contributed by atoms with van der Waals surface area (Å²) in [6.07, 6.45) is 8.83. The minimum absolute atomic E-state index is 0.0808. The minimum Gasteiger partial charge on any atom is -0.460 e. The zero-order valence-corrected chi connectivity index (χ0v) is 28.0. The van der Waals surface area contributed by atoms with Crippen LogP contribution in [0.4, 0.5) is 5.82 Å². The Hall–Kier alpha value is -4.45. The zero-order chi connectivity index (χ0) is 34.0. The Bertz CT molecular complexity index is 1890. The highest BCUT2D eigenvalue weighted by Gasteiger charge is 2.68. The van der Waals surface area contributed by atoms with Gasteiger partial charge in [-0.15, -0.1) is 11.7 Å². The van der Waals surface area contributed by atoms with Crippen molar-refractivity contribution in [3.8, 4) is 11.3 Å². The molecule has 3 aromatic heterocycles. The minimum atomic E-state index is -0.709. The summed E-state index contributed by atoms with van der Waals surface area (Å²) in [5.41, 5.74) is 8.09. The summed E-state index contributed by atoms with van der Waals surface area (Å²) in [6, 6.07) is 7.90. The van der Waals surface area contributed by atoms with E-state index in [1.807, 2.05) is 41.8 Å². The first-order valence-corrected chi connectivity index (χ1v) is 16.8. The van der Waals surface area contributed by atoms with Crippen molar-refractivity contribution in [1.82, 2.24) is 34.5 Å². The van der Waals surface area contributed by atoms with Gasteiger partial charge in [-0.2, -0.15) is 0 Å². The fourth-order valence-corrected chi connectivity index (χ4v) is 9.33. The molecule has 3 aliphatic rings. The highest BCUT2D eigenvalue weighted by atomic mass is 16.5. The second-order valence-electron chi connectivity index (χ2n) is 14.9. The number of aromatic nitrogens is 7. The molecule has 48 heavy (non-hydrogen) atoms. The number of Topliss-reactive ketones (excluding diaryl/α,β-unsaturated/α-hetero) is 1. The van der Waals surface area contributed by atoms with Crippen LogP contribution in [0.1, 0.15) is 65.4 Å². The van der Waals surface area contributed by atoms with Crippen molar-refractivity contribution in [3.05, 3.63) is 61.3 Å². The SMILES string of the molecule is C=C[C@]1(C)C[C@@H](OC(=O)Cn2cc(-c3ccc(Cn4cnc5c(N)ncnc54)cc3)nn2)[C@]2(C)[C@H](C)CC[C@]3(CCC(=O)[C@H]32)[C@@H](C)[C@@H]1O. The normalized spacial score (nSPS) is 33.2. The molecule has 2 bridgehead atoms. The Labute approximate surface area is 279 Å². The van der Waals surface area contributed by atoms with Crippen LogP contribution in [0, 0.1) is 34.0 Å². The van der Waals surface area contributed by atoms with Crippen molar-refractivity contribution in [3.63, 3.8) is 0 Å². The molecule has 12 nitrogen and oxygen atoms in total. The van der Waals surface area contributed by atoms with Gasteiger partial charge in [0.25, 0.3) is 0 Å². The number of esters is 1. The molecule has 0 radical (unpaired) electrons. The molecule has 4 aromatic rings. The molecule has 3 heterocycles. The van der Waals surface area contributed by atoms with E-state index in [1.165, 1.54) is 11.0 Å². The molecule has 0 spiro atoms. The third kappa shape index (κ3) is 4.94. The Morgan fingerprint density at radius 3 is 2.69 bits per heavy atom. The van der Waals surface area contributed by atoms with E-state index >= 15 is 0 Å². The van der Waals surface area contributed by atoms with Gasteiger partial charge in [0, 0.05) is 28.7 Å². The van der Waals surface area contributed by atoms with Crippen LogP contribution in [-0.4, -0.2) is 63.6 Å². The first kappa shape index (κ1) is 32.1. The fraction of sp³-hybridized carbons (Fsp3) is 0.528. The van der Waals surface area contributed by atoms with Crippen LogP contribution in [0.5, 0.6) is 0 Å². The maximum atomic E-state index is 13.7. The number of benzene rings is 1. The molecule has 12 heteroatoms. The van der Waals surface area contributed by atoms with Gasteiger partial charge in [0.2, 0.25) is 0 Å². The van der Waals surface area contributed by atoms with Gasteiger partial charge in [-0.3, -0.25) is 9.59 Å². The number of carbonyl (C=O) groups is 2. The third-order valence-corrected chi connectivity index (χ3v) is 12.4. The van der Waals surface area contributed by atoms with Crippen LogP contribution in [0.25, 0.3) is 22.4 Å². The number of hydrogen-bond acceptors (Lipinski definition) is 10. The summed E-state index contributed by atoms with van der Waals surface area (Å²) >= 11 is 0. The van der Waals surface area contributed by atoms with Crippen LogP contribution in [0.3, 0.4) is 0 Å². The third-order valence-electron chi connectivity index (χ3n) is 12.4. The molecule has 3 saturated carbocycles. The van der Waals surface area contributed by atoms with Crippen LogP contribution in [-0.2, 0) is 27.4 Å². The number of nitrogens with zero attached hydrogens (tertiary/aromatic N) is 7. The number of ether oxygens (including phenoxy) is 1. The smallest absolute Gasteiger partial charge is 0.328 e. The van der Waals surface area contributed by atoms with E-state index in [-0.39, 0.29) is 35.5 Å². The van der Waals surface area contributed by atoms with E-state index < -0.39 is 29.0 Å². The molecule has 0 saturated heterocycles. The molecule has 0 amide bonds. The van der Waals surface area contributed by atoms with E-state index in [2.05, 4.69) is 52.6 Å². The van der Waals surface area contributed by atoms with Gasteiger partial charge in [0.1, 0.15) is 36.0 Å². The van der Waals surface area contributed by atoms with Gasteiger partial charge in [0.15, 0.2) is 11.5 Å². The molecule has 0 aliphatic heterocycles. The van der Waals surface area contributed by atoms with Crippen LogP contribution >= 0.6 is 0 Å². The lowest BCUT2D eigenvalue weighted by Gasteiger charge is -2.61. The topological polar surface area (TPSA) is 164 Å². The first-order chi connectivity index (χ1) is 22.9. The van der Waals surface area contributed by atoms with Gasteiger partial charge in [-0.1, -0.05) is 63.2 Å². The molecule has 3 N–H and O–H groups in total. The lowest BCUT2D eigenvalue weighted by Crippen LogP contribution is -2.63. The van der Waals surface area contributed by atoms with Crippen LogP contribution in [0.2, 0.25) is 0 Å². The van der Waals surface area contributed by atoms with Crippen molar-refractivity contribution < 1.29 is 19.4 Å². The Morgan fingerprint density at radius 2 is 1.94 bits per heavy atom. The summed E-state index contributed by atoms with van der Waals surface area (Å²) in [6.45, 7) is 12.9. The summed E-state index contributed by atoms with van der Waals surface area (Å²) in [5, 5.41) is 20.3. The monoisotopic (exact) mass is 652 g/mol. The van der Waals surface area contributed by atoms with E-state index in [4.69, 9.17) is 10.5 Å². The van der Waals surface area contributed by atoms with Crippen molar-refractivity contribution in [2.75, 3.05) is 5.73 Å². The standard InChI is InChI=1S/C36H44N8O4/c1-6-34(4)15-27(35(5)21(2)11-13-36(22(3)31(34)47)14-12-26(45)30(35)36)48-28(46)18-44-17-25(41-42-44)24-9-7-23(8-10-24)16-43-20-40-29-32(37)38-19-39-33(29)43/h6-10,17,19-22,27,30-31,47H,1,11-16,18H2,2-5H3,(H2,37,38,39)/t21-,22+,27-,30+,31+,34-,35+,36+/m1/s1. The Morgan fingerprint density at radius 1 is 1.17 bits per heavy atom. The first-order valence-electron chi connectivity index (χ1n) is 16.8. The van der Waals surface area contributed by atoms with E-state index in [0.29, 0.717) is 42.1 Å². The van der Waals surface area contributed by atoms with Crippen molar-refractivity contribution in [1.29, 1.82) is 0 Å². The quantitative estimate of drug-likeness (QED) is 0.213. The van der Waals surface area contributed by atoms with Gasteiger partial charge in [-0.05, 0) is 48.5 Å². The van der Waals surface area contributed by atoms with Crippen molar-refractivity contribution >= 4 is 28.7 Å². The maximum absolute atomic E-state index is 13.7.